The van der Waals surface area contributed by atoms with Crippen LogP contribution in [-0.4, -0.2) is 19.0 Å². The molecule has 1 saturated carbocycles. The van der Waals surface area contributed by atoms with E-state index in [4.69, 9.17) is 0 Å². The molecular weight excluding hydrogens is 208 g/mol. The largest absolute Gasteiger partial charge is 0.316 e. The zero-order valence-corrected chi connectivity index (χ0v) is 9.98. The van der Waals surface area contributed by atoms with Gasteiger partial charge < -0.3 is 5.32 Å². The normalized spacial score (nSPS) is 32.2. The Bertz CT molecular complexity index is 210. The molecule has 0 radical (unpaired) electrons. The Morgan fingerprint density at radius 2 is 1.75 bits per heavy atom. The van der Waals surface area contributed by atoms with Gasteiger partial charge in [0.05, 0.1) is 0 Å². The molecule has 1 nitrogen and oxygen atoms in total. The average Bonchev–Trinajstić information content (AvgIpc) is 2.49. The summed E-state index contributed by atoms with van der Waals surface area (Å²) in [5.41, 5.74) is 0. The van der Waals surface area contributed by atoms with Crippen molar-refractivity contribution in [2.75, 3.05) is 13.1 Å². The quantitative estimate of drug-likeness (QED) is 0.716. The van der Waals surface area contributed by atoms with Crippen LogP contribution in [0.3, 0.4) is 0 Å². The topological polar surface area (TPSA) is 12.0 Å². The number of piperidine rings is 1. The minimum Gasteiger partial charge on any atom is -0.316 e. The second-order valence-corrected chi connectivity index (χ2v) is 5.51. The van der Waals surface area contributed by atoms with E-state index in [0.717, 1.165) is 6.42 Å². The van der Waals surface area contributed by atoms with Gasteiger partial charge in [-0.1, -0.05) is 38.5 Å². The van der Waals surface area contributed by atoms with Crippen LogP contribution in [0.4, 0.5) is 8.78 Å². The minimum atomic E-state index is -2.42. The molecule has 3 heteroatoms. The van der Waals surface area contributed by atoms with Crippen molar-refractivity contribution in [1.82, 2.24) is 5.32 Å². The van der Waals surface area contributed by atoms with Crippen molar-refractivity contribution in [3.8, 4) is 0 Å². The highest BCUT2D eigenvalue weighted by Crippen LogP contribution is 2.37. The highest BCUT2D eigenvalue weighted by atomic mass is 19.3. The summed E-state index contributed by atoms with van der Waals surface area (Å²) < 4.78 is 27.4. The first-order chi connectivity index (χ1) is 7.68. The Kier molecular flexibility index (Phi) is 4.17. The standard InChI is InChI=1S/C13H23F2N/c14-13(15)7-8-16-10-12(13)9-11-5-3-1-2-4-6-11/h11-12,16H,1-10H2. The van der Waals surface area contributed by atoms with Crippen LogP contribution in [0.25, 0.3) is 0 Å². The van der Waals surface area contributed by atoms with E-state index in [-0.39, 0.29) is 6.42 Å². The Morgan fingerprint density at radius 1 is 1.06 bits per heavy atom. The van der Waals surface area contributed by atoms with Crippen LogP contribution in [-0.2, 0) is 0 Å². The van der Waals surface area contributed by atoms with Crippen LogP contribution in [0.5, 0.6) is 0 Å². The van der Waals surface area contributed by atoms with Crippen LogP contribution in [0.1, 0.15) is 51.4 Å². The van der Waals surface area contributed by atoms with Gasteiger partial charge in [-0.3, -0.25) is 0 Å². The first-order valence-corrected chi connectivity index (χ1v) is 6.77. The van der Waals surface area contributed by atoms with Crippen LogP contribution >= 0.6 is 0 Å². The minimum absolute atomic E-state index is 0.0321. The highest BCUT2D eigenvalue weighted by molar-refractivity contribution is 4.86. The van der Waals surface area contributed by atoms with Gasteiger partial charge in [-0.25, -0.2) is 8.78 Å². The van der Waals surface area contributed by atoms with Crippen molar-refractivity contribution in [3.63, 3.8) is 0 Å². The molecule has 1 unspecified atom stereocenters. The van der Waals surface area contributed by atoms with Gasteiger partial charge in [-0.15, -0.1) is 0 Å². The molecule has 2 rings (SSSR count). The van der Waals surface area contributed by atoms with Crippen molar-refractivity contribution in [2.45, 2.75) is 57.3 Å². The third-order valence-corrected chi connectivity index (χ3v) is 4.22. The van der Waals surface area contributed by atoms with E-state index in [1.54, 1.807) is 0 Å². The molecule has 0 aromatic heterocycles. The highest BCUT2D eigenvalue weighted by Gasteiger charge is 2.42. The van der Waals surface area contributed by atoms with Gasteiger partial charge in [0, 0.05) is 25.4 Å². The molecule has 94 valence electrons. The average molecular weight is 231 g/mol. The summed E-state index contributed by atoms with van der Waals surface area (Å²) in [6, 6.07) is 0. The van der Waals surface area contributed by atoms with Crippen LogP contribution < -0.4 is 5.32 Å². The molecule has 1 heterocycles. The van der Waals surface area contributed by atoms with Crippen LogP contribution in [0, 0.1) is 11.8 Å². The number of halogens is 2. The fourth-order valence-corrected chi connectivity index (χ4v) is 3.14. The van der Waals surface area contributed by atoms with Crippen molar-refractivity contribution in [3.05, 3.63) is 0 Å². The number of hydrogen-bond donors (Lipinski definition) is 1. The van der Waals surface area contributed by atoms with E-state index in [9.17, 15) is 8.78 Å². The summed E-state index contributed by atoms with van der Waals surface area (Å²) in [6.07, 6.45) is 8.21. The Labute approximate surface area is 97.0 Å². The fourth-order valence-electron chi connectivity index (χ4n) is 3.14. The Balaban J connectivity index is 1.86. The maximum absolute atomic E-state index is 13.7. The summed E-state index contributed by atoms with van der Waals surface area (Å²) in [4.78, 5) is 0. The van der Waals surface area contributed by atoms with E-state index < -0.39 is 11.8 Å². The van der Waals surface area contributed by atoms with E-state index in [1.807, 2.05) is 0 Å². The summed E-state index contributed by atoms with van der Waals surface area (Å²) in [5.74, 6) is -2.28. The third kappa shape index (κ3) is 3.16. The molecule has 0 spiro atoms. The van der Waals surface area contributed by atoms with Gasteiger partial charge in [0.15, 0.2) is 0 Å². The predicted molar refractivity (Wildman–Crippen MR) is 61.7 cm³/mol. The molecule has 1 aliphatic carbocycles. The summed E-state index contributed by atoms with van der Waals surface area (Å²) in [6.45, 7) is 0.998. The first kappa shape index (κ1) is 12.3. The first-order valence-electron chi connectivity index (χ1n) is 6.77. The monoisotopic (exact) mass is 231 g/mol. The fraction of sp³-hybridized carbons (Fsp3) is 1.00. The summed E-state index contributed by atoms with van der Waals surface area (Å²) in [7, 11) is 0. The molecule has 2 fully saturated rings. The zero-order valence-electron chi connectivity index (χ0n) is 9.98. The van der Waals surface area contributed by atoms with Gasteiger partial charge in [0.25, 0.3) is 5.92 Å². The maximum Gasteiger partial charge on any atom is 0.253 e. The Hall–Kier alpha value is -0.180. The van der Waals surface area contributed by atoms with Gasteiger partial charge >= 0.3 is 0 Å². The Morgan fingerprint density at radius 3 is 2.38 bits per heavy atom. The lowest BCUT2D eigenvalue weighted by Crippen LogP contribution is -2.45. The second-order valence-electron chi connectivity index (χ2n) is 5.51. The van der Waals surface area contributed by atoms with E-state index in [1.165, 1.54) is 38.5 Å². The number of nitrogens with one attached hydrogen (secondary N) is 1. The van der Waals surface area contributed by atoms with E-state index >= 15 is 0 Å². The molecule has 0 aromatic carbocycles. The lowest BCUT2D eigenvalue weighted by Gasteiger charge is -2.34. The van der Waals surface area contributed by atoms with E-state index in [0.29, 0.717) is 19.0 Å². The number of alkyl halides is 2. The molecule has 16 heavy (non-hydrogen) atoms. The lowest BCUT2D eigenvalue weighted by molar-refractivity contribution is -0.0859. The van der Waals surface area contributed by atoms with Gasteiger partial charge in [-0.05, 0) is 12.3 Å². The van der Waals surface area contributed by atoms with Crippen molar-refractivity contribution < 1.29 is 8.78 Å². The molecule has 0 amide bonds. The van der Waals surface area contributed by atoms with E-state index in [2.05, 4.69) is 5.32 Å². The number of rotatable bonds is 2. The molecule has 1 N–H and O–H groups in total. The third-order valence-electron chi connectivity index (χ3n) is 4.22. The zero-order chi connectivity index (χ0) is 11.4. The predicted octanol–water partition coefficient (Wildman–Crippen LogP) is 3.59. The van der Waals surface area contributed by atoms with Gasteiger partial charge in [0.1, 0.15) is 0 Å². The smallest absolute Gasteiger partial charge is 0.253 e. The van der Waals surface area contributed by atoms with Gasteiger partial charge in [-0.2, -0.15) is 0 Å². The van der Waals surface area contributed by atoms with Crippen molar-refractivity contribution >= 4 is 0 Å². The molecule has 0 aromatic rings. The maximum atomic E-state index is 13.7. The van der Waals surface area contributed by atoms with Crippen molar-refractivity contribution in [2.24, 2.45) is 11.8 Å². The van der Waals surface area contributed by atoms with Crippen molar-refractivity contribution in [1.29, 1.82) is 0 Å². The second kappa shape index (κ2) is 5.44. The molecule has 1 aliphatic heterocycles. The van der Waals surface area contributed by atoms with Crippen LogP contribution in [0.15, 0.2) is 0 Å². The molecular formula is C13H23F2N. The van der Waals surface area contributed by atoms with Crippen LogP contribution in [0.2, 0.25) is 0 Å². The molecule has 1 atom stereocenters. The number of hydrogen-bond acceptors (Lipinski definition) is 1. The SMILES string of the molecule is FC1(F)CCNCC1CC1CCCCCC1. The molecule has 0 bridgehead atoms. The molecule has 1 saturated heterocycles. The van der Waals surface area contributed by atoms with Gasteiger partial charge in [0.2, 0.25) is 0 Å². The summed E-state index contributed by atoms with van der Waals surface area (Å²) >= 11 is 0. The lowest BCUT2D eigenvalue weighted by atomic mass is 9.83. The summed E-state index contributed by atoms with van der Waals surface area (Å²) in [5, 5.41) is 3.12. The molecule has 2 aliphatic rings.